The zero-order valence-corrected chi connectivity index (χ0v) is 11.5. The smallest absolute Gasteiger partial charge is 0.135 e. The van der Waals surface area contributed by atoms with E-state index >= 15 is 0 Å². The van der Waals surface area contributed by atoms with Gasteiger partial charge >= 0.3 is 0 Å². The quantitative estimate of drug-likeness (QED) is 0.641. The van der Waals surface area contributed by atoms with E-state index in [1.54, 1.807) is 12.1 Å². The normalized spacial score (nSPS) is 11.7. The molecular weight excluding hydrogens is 279 g/mol. The molecule has 2 aromatic carbocycles. The maximum absolute atomic E-state index is 12.7. The number of halogens is 1. The van der Waals surface area contributed by atoms with Crippen molar-refractivity contribution in [3.8, 4) is 0 Å². The van der Waals surface area contributed by atoms with Crippen molar-refractivity contribution in [2.45, 2.75) is 11.8 Å². The van der Waals surface area contributed by atoms with E-state index in [2.05, 4.69) is 9.93 Å². The minimum absolute atomic E-state index is 0.0827. The van der Waals surface area contributed by atoms with Crippen molar-refractivity contribution >= 4 is 16.2 Å². The van der Waals surface area contributed by atoms with Crippen LogP contribution < -0.4 is 0 Å². The SMILES string of the molecule is Cc1ccc(S(=O)(=O)[N-]/N=C/c2ccc(F)cc2)cc1. The molecule has 0 radical (unpaired) electrons. The fourth-order valence-corrected chi connectivity index (χ4v) is 2.20. The third-order valence-corrected chi connectivity index (χ3v) is 3.73. The van der Waals surface area contributed by atoms with Crippen molar-refractivity contribution in [1.82, 2.24) is 0 Å². The second-order valence-electron chi connectivity index (χ2n) is 4.17. The van der Waals surface area contributed by atoms with Crippen LogP contribution in [-0.4, -0.2) is 14.6 Å². The minimum Gasteiger partial charge on any atom is -0.491 e. The maximum Gasteiger partial charge on any atom is 0.135 e. The molecule has 0 aliphatic rings. The van der Waals surface area contributed by atoms with Crippen LogP contribution in [0.1, 0.15) is 11.1 Å². The zero-order chi connectivity index (χ0) is 14.6. The first-order valence-corrected chi connectivity index (χ1v) is 7.24. The van der Waals surface area contributed by atoms with Gasteiger partial charge in [0.15, 0.2) is 0 Å². The van der Waals surface area contributed by atoms with Crippen LogP contribution in [-0.2, 0) is 10.0 Å². The van der Waals surface area contributed by atoms with Crippen molar-refractivity contribution in [2.24, 2.45) is 5.10 Å². The Morgan fingerprint density at radius 2 is 1.65 bits per heavy atom. The molecule has 0 aromatic heterocycles. The summed E-state index contributed by atoms with van der Waals surface area (Å²) in [5.41, 5.74) is 1.52. The summed E-state index contributed by atoms with van der Waals surface area (Å²) < 4.78 is 36.4. The predicted molar refractivity (Wildman–Crippen MR) is 75.7 cm³/mol. The van der Waals surface area contributed by atoms with Crippen LogP contribution in [0.5, 0.6) is 0 Å². The van der Waals surface area contributed by atoms with Gasteiger partial charge in [-0.1, -0.05) is 29.8 Å². The summed E-state index contributed by atoms with van der Waals surface area (Å²) in [5.74, 6) is -0.369. The summed E-state index contributed by atoms with van der Waals surface area (Å²) in [6.07, 6.45) is 1.26. The average Bonchev–Trinajstić information content (AvgIpc) is 2.41. The minimum atomic E-state index is -3.80. The van der Waals surface area contributed by atoms with Gasteiger partial charge in [0.1, 0.15) is 15.8 Å². The first kappa shape index (κ1) is 14.2. The summed E-state index contributed by atoms with van der Waals surface area (Å²) in [6, 6.07) is 11.8. The first-order chi connectivity index (χ1) is 9.47. The highest BCUT2D eigenvalue weighted by atomic mass is 32.2. The topological polar surface area (TPSA) is 60.6 Å². The lowest BCUT2D eigenvalue weighted by Crippen LogP contribution is -1.97. The Morgan fingerprint density at radius 3 is 2.25 bits per heavy atom. The van der Waals surface area contributed by atoms with E-state index in [4.69, 9.17) is 0 Å². The highest BCUT2D eigenvalue weighted by Crippen LogP contribution is 2.17. The Hall–Kier alpha value is -2.21. The molecule has 20 heavy (non-hydrogen) atoms. The molecule has 0 N–H and O–H groups in total. The fraction of sp³-hybridized carbons (Fsp3) is 0.0714. The first-order valence-electron chi connectivity index (χ1n) is 5.80. The highest BCUT2D eigenvalue weighted by Gasteiger charge is 2.02. The predicted octanol–water partition coefficient (Wildman–Crippen LogP) is 3.23. The van der Waals surface area contributed by atoms with Gasteiger partial charge in [-0.25, -0.2) is 12.8 Å². The van der Waals surface area contributed by atoms with Crippen LogP contribution in [0.25, 0.3) is 4.83 Å². The standard InChI is InChI=1S/C14H12FN2O2S/c1-11-2-8-14(9-3-11)20(18,19)17-16-10-12-4-6-13(15)7-5-12/h2-10H,1H3/q-1/b16-10+. The molecule has 0 spiro atoms. The number of nitrogens with zero attached hydrogens (tertiary/aromatic N) is 2. The van der Waals surface area contributed by atoms with E-state index < -0.39 is 10.0 Å². The van der Waals surface area contributed by atoms with Crippen molar-refractivity contribution in [2.75, 3.05) is 0 Å². The molecule has 0 heterocycles. The lowest BCUT2D eigenvalue weighted by Gasteiger charge is -2.15. The zero-order valence-electron chi connectivity index (χ0n) is 10.7. The van der Waals surface area contributed by atoms with Crippen molar-refractivity contribution in [3.05, 3.63) is 70.3 Å². The van der Waals surface area contributed by atoms with Crippen molar-refractivity contribution in [3.63, 3.8) is 0 Å². The molecule has 0 aliphatic carbocycles. The van der Waals surface area contributed by atoms with E-state index in [-0.39, 0.29) is 10.7 Å². The Balaban J connectivity index is 2.09. The third-order valence-electron chi connectivity index (χ3n) is 2.55. The van der Waals surface area contributed by atoms with Gasteiger partial charge in [0.25, 0.3) is 0 Å². The summed E-state index contributed by atoms with van der Waals surface area (Å²) in [4.78, 5) is 3.40. The average molecular weight is 291 g/mol. The number of rotatable bonds is 4. The molecule has 2 aromatic rings. The molecule has 0 aliphatic heterocycles. The van der Waals surface area contributed by atoms with Gasteiger partial charge in [-0.05, 0) is 36.8 Å². The van der Waals surface area contributed by atoms with Gasteiger partial charge in [0, 0.05) is 6.21 Å². The number of benzene rings is 2. The fourth-order valence-electron chi connectivity index (χ4n) is 1.46. The Labute approximate surface area is 117 Å². The van der Waals surface area contributed by atoms with Crippen LogP contribution >= 0.6 is 0 Å². The number of sulfonamides is 1. The van der Waals surface area contributed by atoms with Crippen LogP contribution in [0.15, 0.2) is 58.5 Å². The molecule has 0 atom stereocenters. The van der Waals surface area contributed by atoms with E-state index in [1.165, 1.54) is 42.6 Å². The molecule has 0 unspecified atom stereocenters. The molecule has 0 fully saturated rings. The summed E-state index contributed by atoms with van der Waals surface area (Å²) >= 11 is 0. The van der Waals surface area contributed by atoms with Crippen LogP contribution in [0, 0.1) is 12.7 Å². The second kappa shape index (κ2) is 5.83. The molecule has 4 nitrogen and oxygen atoms in total. The third kappa shape index (κ3) is 3.64. The molecule has 0 saturated carbocycles. The van der Waals surface area contributed by atoms with Crippen LogP contribution in [0.2, 0.25) is 0 Å². The van der Waals surface area contributed by atoms with Gasteiger partial charge in [0.05, 0.1) is 4.90 Å². The second-order valence-corrected chi connectivity index (χ2v) is 5.75. The summed E-state index contributed by atoms with van der Waals surface area (Å²) in [7, 11) is -3.80. The molecule has 0 saturated heterocycles. The van der Waals surface area contributed by atoms with Crippen LogP contribution in [0.3, 0.4) is 0 Å². The highest BCUT2D eigenvalue weighted by molar-refractivity contribution is 7.93. The van der Waals surface area contributed by atoms with E-state index in [1.807, 2.05) is 6.92 Å². The number of hydrogen-bond acceptors (Lipinski definition) is 3. The molecule has 2 rings (SSSR count). The van der Waals surface area contributed by atoms with Gasteiger partial charge < -0.3 is 9.93 Å². The van der Waals surface area contributed by atoms with E-state index in [0.717, 1.165) is 5.56 Å². The van der Waals surface area contributed by atoms with E-state index in [9.17, 15) is 12.8 Å². The largest absolute Gasteiger partial charge is 0.491 e. The summed E-state index contributed by atoms with van der Waals surface area (Å²) in [5, 5.41) is 3.53. The van der Waals surface area contributed by atoms with Gasteiger partial charge in [0.2, 0.25) is 0 Å². The Kier molecular flexibility index (Phi) is 4.14. The lowest BCUT2D eigenvalue weighted by molar-refractivity contribution is 0.602. The Bertz CT molecular complexity index is 708. The van der Waals surface area contributed by atoms with Gasteiger partial charge in [-0.3, -0.25) is 0 Å². The van der Waals surface area contributed by atoms with E-state index in [0.29, 0.717) is 5.56 Å². The lowest BCUT2D eigenvalue weighted by atomic mass is 10.2. The molecule has 6 heteroatoms. The summed E-state index contributed by atoms with van der Waals surface area (Å²) in [6.45, 7) is 1.86. The molecule has 0 bridgehead atoms. The van der Waals surface area contributed by atoms with Crippen LogP contribution in [0.4, 0.5) is 4.39 Å². The van der Waals surface area contributed by atoms with Crippen molar-refractivity contribution < 1.29 is 12.8 Å². The maximum atomic E-state index is 12.7. The van der Waals surface area contributed by atoms with Gasteiger partial charge in [-0.15, -0.1) is 0 Å². The van der Waals surface area contributed by atoms with Gasteiger partial charge in [-0.2, -0.15) is 0 Å². The molecule has 104 valence electrons. The monoisotopic (exact) mass is 291 g/mol. The molecule has 0 amide bonds. The molecular formula is C14H12FN2O2S-. The van der Waals surface area contributed by atoms with Crippen molar-refractivity contribution in [1.29, 1.82) is 0 Å². The Morgan fingerprint density at radius 1 is 1.05 bits per heavy atom. The number of hydrogen-bond donors (Lipinski definition) is 0. The number of aryl methyl sites for hydroxylation is 1.